The lowest BCUT2D eigenvalue weighted by Crippen LogP contribution is -2.46. The fourth-order valence-corrected chi connectivity index (χ4v) is 1.66. The van der Waals surface area contributed by atoms with E-state index in [9.17, 15) is 19.2 Å². The van der Waals surface area contributed by atoms with Crippen LogP contribution < -0.4 is 5.32 Å². The molecule has 7 nitrogen and oxygen atoms in total. The predicted octanol–water partition coefficient (Wildman–Crippen LogP) is -0.226. The molecule has 3 unspecified atom stereocenters. The molecule has 0 aromatic carbocycles. The van der Waals surface area contributed by atoms with Crippen molar-refractivity contribution in [3.05, 3.63) is 5.53 Å². The number of thiocarbonyl (C=S) groups is 1. The first-order chi connectivity index (χ1) is 8.79. The summed E-state index contributed by atoms with van der Waals surface area (Å²) in [5.74, 6) is -0.990. The molecule has 19 heavy (non-hydrogen) atoms. The Morgan fingerprint density at radius 3 is 2.63 bits per heavy atom. The van der Waals surface area contributed by atoms with Crippen LogP contribution in [0.25, 0.3) is 5.53 Å². The molecule has 9 heteroatoms. The number of nitrogens with one attached hydrogen (secondary N) is 1. The molecule has 0 fully saturated rings. The number of Topliss-reactive ketones (excluding diaryl/α,β-unsaturated/α-hetero) is 1. The number of aliphatic hydroxyl groups is 1. The molecular weight excluding hydrogens is 290 g/mol. The van der Waals surface area contributed by atoms with Crippen molar-refractivity contribution in [1.29, 1.82) is 0 Å². The van der Waals surface area contributed by atoms with Crippen molar-refractivity contribution in [3.8, 4) is 0 Å². The molecule has 0 aliphatic carbocycles. The summed E-state index contributed by atoms with van der Waals surface area (Å²) in [4.78, 5) is 25.3. The van der Waals surface area contributed by atoms with E-state index in [2.05, 4.69) is 22.3 Å². The van der Waals surface area contributed by atoms with Crippen LogP contribution in [0.1, 0.15) is 19.8 Å². The fourth-order valence-electron chi connectivity index (χ4n) is 1.11. The van der Waals surface area contributed by atoms with Gasteiger partial charge in [-0.2, -0.15) is 4.79 Å². The van der Waals surface area contributed by atoms with E-state index in [0.717, 1.165) is 6.21 Å². The van der Waals surface area contributed by atoms with Gasteiger partial charge in [0.1, 0.15) is 0 Å². The van der Waals surface area contributed by atoms with Gasteiger partial charge in [-0.05, 0) is 36.7 Å². The zero-order chi connectivity index (χ0) is 15.0. The third-order valence-corrected chi connectivity index (χ3v) is 3.86. The Hall–Kier alpha value is -1.28. The molecule has 0 spiro atoms. The van der Waals surface area contributed by atoms with Gasteiger partial charge in [0.25, 0.3) is 5.91 Å². The molecule has 0 aliphatic rings. The molecular formula is C10H15N3O4S2. The molecule has 1 amide bonds. The molecule has 0 aliphatic heterocycles. The Bertz CT molecular complexity index is 408. The maximum atomic E-state index is 11.6. The summed E-state index contributed by atoms with van der Waals surface area (Å²) < 4.78 is 11.1. The van der Waals surface area contributed by atoms with Crippen molar-refractivity contribution < 1.29 is 24.0 Å². The first kappa shape index (κ1) is 17.7. The Balaban J connectivity index is 4.50. The quantitative estimate of drug-likeness (QED) is 0.211. The summed E-state index contributed by atoms with van der Waals surface area (Å²) in [5, 5.41) is 10.5. The second kappa shape index (κ2) is 8.76. The zero-order valence-electron chi connectivity index (χ0n) is 10.5. The summed E-state index contributed by atoms with van der Waals surface area (Å²) in [7, 11) is 0. The van der Waals surface area contributed by atoms with Gasteiger partial charge in [0, 0.05) is 6.42 Å². The lowest BCUT2D eigenvalue weighted by molar-refractivity contribution is -0.121. The normalized spacial score (nSPS) is 14.7. The minimum Gasteiger partial charge on any atom is -0.616 e. The number of carbonyl (C=O) groups is 2. The maximum Gasteiger partial charge on any atom is 0.323 e. The van der Waals surface area contributed by atoms with Gasteiger partial charge in [-0.25, -0.2) is 0 Å². The van der Waals surface area contributed by atoms with Crippen LogP contribution in [0.5, 0.6) is 0 Å². The number of hydrogen-bond acceptors (Lipinski definition) is 4. The molecule has 0 aromatic heterocycles. The van der Waals surface area contributed by atoms with E-state index in [-0.39, 0.29) is 12.8 Å². The average Bonchev–Trinajstić information content (AvgIpc) is 2.32. The first-order valence-electron chi connectivity index (χ1n) is 5.35. The number of rotatable bonds is 8. The number of nitrogens with zero attached hydrogens (tertiary/aromatic N) is 2. The number of ketones is 1. The molecule has 0 saturated heterocycles. The Morgan fingerprint density at radius 2 is 2.21 bits per heavy atom. The lowest BCUT2D eigenvalue weighted by Gasteiger charge is -2.19. The van der Waals surface area contributed by atoms with E-state index in [4.69, 9.17) is 5.53 Å². The van der Waals surface area contributed by atoms with Crippen molar-refractivity contribution in [2.24, 2.45) is 0 Å². The third-order valence-electron chi connectivity index (χ3n) is 2.36. The second-order valence-electron chi connectivity index (χ2n) is 3.79. The molecule has 3 atom stereocenters. The summed E-state index contributed by atoms with van der Waals surface area (Å²) in [6.45, 7) is 1.48. The van der Waals surface area contributed by atoms with Gasteiger partial charge in [0.15, 0.2) is 10.3 Å². The monoisotopic (exact) mass is 305 g/mol. The van der Waals surface area contributed by atoms with E-state index in [0.29, 0.717) is 0 Å². The first-order valence-corrected chi connectivity index (χ1v) is 7.38. The topological polar surface area (TPSA) is 126 Å². The summed E-state index contributed by atoms with van der Waals surface area (Å²) in [5.41, 5.74) is 8.16. The maximum absolute atomic E-state index is 11.6. The highest BCUT2D eigenvalue weighted by Crippen LogP contribution is 2.03. The minimum atomic E-state index is -1.34. The van der Waals surface area contributed by atoms with Gasteiger partial charge in [-0.3, -0.25) is 9.59 Å². The molecule has 106 valence electrons. The largest absolute Gasteiger partial charge is 0.616 e. The van der Waals surface area contributed by atoms with E-state index < -0.39 is 39.2 Å². The van der Waals surface area contributed by atoms with Crippen LogP contribution in [-0.4, -0.2) is 55.0 Å². The number of amides is 1. The Labute approximate surface area is 119 Å². The van der Waals surface area contributed by atoms with Crippen LogP contribution in [0.15, 0.2) is 0 Å². The number of aliphatic hydroxyl groups excluding tert-OH is 1. The van der Waals surface area contributed by atoms with Gasteiger partial charge >= 0.3 is 6.21 Å². The Kier molecular flexibility index (Phi) is 8.17. The van der Waals surface area contributed by atoms with Crippen molar-refractivity contribution in [3.63, 3.8) is 0 Å². The van der Waals surface area contributed by atoms with E-state index in [1.54, 1.807) is 0 Å². The van der Waals surface area contributed by atoms with Crippen molar-refractivity contribution >= 4 is 46.3 Å². The second-order valence-corrected chi connectivity index (χ2v) is 5.91. The van der Waals surface area contributed by atoms with Crippen molar-refractivity contribution in [2.45, 2.75) is 31.1 Å². The standard InChI is InChI=1S/C10H15N3O4S2/c1-6(19(2)17)9(15)13-8(10(16)18)4-3-7(14)5-12-11/h5-6,8H,3-4H2,1-2H3,(H,13,15)(H,16,18). The number of hydrogen-bond donors (Lipinski definition) is 2. The van der Waals surface area contributed by atoms with Gasteiger partial charge in [-0.1, -0.05) is 0 Å². The van der Waals surface area contributed by atoms with Gasteiger partial charge in [-0.15, -0.1) is 0 Å². The molecule has 0 aromatic rings. The van der Waals surface area contributed by atoms with Gasteiger partial charge < -0.3 is 20.5 Å². The van der Waals surface area contributed by atoms with Crippen LogP contribution in [0.4, 0.5) is 0 Å². The molecule has 0 radical (unpaired) electrons. The highest BCUT2D eigenvalue weighted by molar-refractivity contribution is 7.92. The molecule has 2 N–H and O–H groups in total. The highest BCUT2D eigenvalue weighted by Gasteiger charge is 2.26. The summed E-state index contributed by atoms with van der Waals surface area (Å²) in [6.07, 6.45) is 2.12. The number of carbonyl (C=O) groups excluding carboxylic acids is 2. The molecule has 0 rings (SSSR count). The van der Waals surface area contributed by atoms with E-state index in [1.165, 1.54) is 13.2 Å². The van der Waals surface area contributed by atoms with Crippen LogP contribution in [0.2, 0.25) is 0 Å². The van der Waals surface area contributed by atoms with Crippen molar-refractivity contribution in [2.75, 3.05) is 6.26 Å². The summed E-state index contributed by atoms with van der Waals surface area (Å²) in [6, 6.07) is -0.885. The minimum absolute atomic E-state index is 0.0562. The highest BCUT2D eigenvalue weighted by atomic mass is 32.2. The van der Waals surface area contributed by atoms with Crippen LogP contribution in [-0.2, 0) is 20.8 Å². The average molecular weight is 305 g/mol. The lowest BCUT2D eigenvalue weighted by atomic mass is 10.1. The summed E-state index contributed by atoms with van der Waals surface area (Å²) >= 11 is 3.23. The zero-order valence-corrected chi connectivity index (χ0v) is 12.2. The van der Waals surface area contributed by atoms with Crippen molar-refractivity contribution in [1.82, 2.24) is 5.32 Å². The Morgan fingerprint density at radius 1 is 1.63 bits per heavy atom. The SMILES string of the molecule is CC(C(=O)NC(CCC(=O)C=[N+]=[N-])C(O)=S)[S+](C)[O-]. The molecule has 0 saturated carbocycles. The van der Waals surface area contributed by atoms with Crippen LogP contribution in [0, 0.1) is 0 Å². The smallest absolute Gasteiger partial charge is 0.323 e. The fraction of sp³-hybridized carbons (Fsp3) is 0.600. The van der Waals surface area contributed by atoms with Crippen LogP contribution in [0.3, 0.4) is 0 Å². The molecule has 0 bridgehead atoms. The van der Waals surface area contributed by atoms with E-state index >= 15 is 0 Å². The molecule has 0 heterocycles. The van der Waals surface area contributed by atoms with E-state index in [1.807, 2.05) is 0 Å². The van der Waals surface area contributed by atoms with Gasteiger partial charge in [0.05, 0.1) is 12.3 Å². The predicted molar refractivity (Wildman–Crippen MR) is 74.6 cm³/mol. The third kappa shape index (κ3) is 7.02. The van der Waals surface area contributed by atoms with Crippen LogP contribution >= 0.6 is 12.2 Å². The van der Waals surface area contributed by atoms with Gasteiger partial charge in [0.2, 0.25) is 5.78 Å².